The molecule has 1 saturated heterocycles. The number of rotatable bonds is 6. The summed E-state index contributed by atoms with van der Waals surface area (Å²) in [4.78, 5) is 38.0. The van der Waals surface area contributed by atoms with Crippen molar-refractivity contribution in [3.05, 3.63) is 64.1 Å². The third-order valence-electron chi connectivity index (χ3n) is 4.14. The number of ether oxygens (including phenoxy) is 2. The van der Waals surface area contributed by atoms with Gasteiger partial charge in [-0.3, -0.25) is 14.5 Å². The predicted octanol–water partition coefficient (Wildman–Crippen LogP) is 3.64. The van der Waals surface area contributed by atoms with E-state index in [1.165, 1.54) is 26.4 Å². The van der Waals surface area contributed by atoms with Crippen LogP contribution in [0.5, 0.6) is 11.5 Å². The molecule has 1 fully saturated rings. The smallest absolute Gasteiger partial charge is 0.340 e. The standard InChI is InChI=1S/C20H17NO6S/c1-26-14-9-8-13(16(19(23)24)17(14)27-2)10-15-18(22)21(20(25)28-15)11-12-6-4-3-5-7-12/h3-10H,11H2,1-2H3,(H,23,24)/b15-10+. The number of hydrogen-bond acceptors (Lipinski definition) is 6. The maximum absolute atomic E-state index is 12.7. The first kappa shape index (κ1) is 19.5. The van der Waals surface area contributed by atoms with Gasteiger partial charge < -0.3 is 14.6 Å². The number of amides is 2. The van der Waals surface area contributed by atoms with Crippen molar-refractivity contribution >= 4 is 35.0 Å². The van der Waals surface area contributed by atoms with Crippen LogP contribution in [0.3, 0.4) is 0 Å². The highest BCUT2D eigenvalue weighted by molar-refractivity contribution is 8.18. The molecule has 144 valence electrons. The van der Waals surface area contributed by atoms with Crippen molar-refractivity contribution in [1.29, 1.82) is 0 Å². The van der Waals surface area contributed by atoms with Gasteiger partial charge in [-0.25, -0.2) is 4.79 Å². The van der Waals surface area contributed by atoms with E-state index in [9.17, 15) is 19.5 Å². The molecule has 1 aliphatic heterocycles. The zero-order valence-electron chi connectivity index (χ0n) is 15.2. The predicted molar refractivity (Wildman–Crippen MR) is 104 cm³/mol. The van der Waals surface area contributed by atoms with Gasteiger partial charge in [-0.2, -0.15) is 0 Å². The summed E-state index contributed by atoms with van der Waals surface area (Å²) in [6.45, 7) is 0.153. The van der Waals surface area contributed by atoms with Crippen LogP contribution in [0.15, 0.2) is 47.4 Å². The quantitative estimate of drug-likeness (QED) is 0.741. The molecule has 1 N–H and O–H groups in total. The highest BCUT2D eigenvalue weighted by Crippen LogP contribution is 2.38. The van der Waals surface area contributed by atoms with E-state index in [2.05, 4.69) is 0 Å². The number of imide groups is 1. The van der Waals surface area contributed by atoms with Crippen LogP contribution >= 0.6 is 11.8 Å². The molecule has 2 aromatic rings. The number of methoxy groups -OCH3 is 2. The first-order valence-corrected chi connectivity index (χ1v) is 9.05. The molecule has 0 saturated carbocycles. The molecule has 28 heavy (non-hydrogen) atoms. The number of thioether (sulfide) groups is 1. The van der Waals surface area contributed by atoms with Crippen LogP contribution in [-0.4, -0.2) is 41.3 Å². The Hall–Kier alpha value is -3.26. The summed E-state index contributed by atoms with van der Waals surface area (Å²) in [7, 11) is 2.74. The molecule has 2 aromatic carbocycles. The lowest BCUT2D eigenvalue weighted by Crippen LogP contribution is -2.27. The lowest BCUT2D eigenvalue weighted by Gasteiger charge is -2.13. The lowest BCUT2D eigenvalue weighted by molar-refractivity contribution is -0.123. The van der Waals surface area contributed by atoms with Crippen LogP contribution in [0.1, 0.15) is 21.5 Å². The van der Waals surface area contributed by atoms with E-state index in [1.807, 2.05) is 30.3 Å². The van der Waals surface area contributed by atoms with E-state index in [1.54, 1.807) is 6.07 Å². The number of carbonyl (C=O) groups is 3. The second-order valence-electron chi connectivity index (χ2n) is 5.82. The Kier molecular flexibility index (Phi) is 5.70. The van der Waals surface area contributed by atoms with Gasteiger partial charge in [0.2, 0.25) is 0 Å². The Morgan fingerprint density at radius 1 is 1.11 bits per heavy atom. The van der Waals surface area contributed by atoms with Crippen LogP contribution < -0.4 is 9.47 Å². The first-order valence-electron chi connectivity index (χ1n) is 8.23. The lowest BCUT2D eigenvalue weighted by atomic mass is 10.0. The molecule has 1 heterocycles. The Labute approximate surface area is 165 Å². The van der Waals surface area contributed by atoms with Crippen molar-refractivity contribution in [1.82, 2.24) is 4.90 Å². The number of hydrogen-bond donors (Lipinski definition) is 1. The number of carboxylic acids is 1. The summed E-state index contributed by atoms with van der Waals surface area (Å²) in [5.74, 6) is -1.39. The molecular formula is C20H17NO6S. The topological polar surface area (TPSA) is 93.1 Å². The van der Waals surface area contributed by atoms with Crippen molar-refractivity contribution in [2.45, 2.75) is 6.54 Å². The number of benzene rings is 2. The molecule has 1 aliphatic rings. The van der Waals surface area contributed by atoms with Crippen molar-refractivity contribution in [3.8, 4) is 11.5 Å². The Bertz CT molecular complexity index is 970. The van der Waals surface area contributed by atoms with Gasteiger partial charge in [-0.15, -0.1) is 0 Å². The average Bonchev–Trinajstić information content (AvgIpc) is 2.95. The van der Waals surface area contributed by atoms with Gasteiger partial charge in [-0.1, -0.05) is 36.4 Å². The summed E-state index contributed by atoms with van der Waals surface area (Å²) in [6, 6.07) is 12.2. The first-order chi connectivity index (χ1) is 13.5. The van der Waals surface area contributed by atoms with Crippen LogP contribution in [-0.2, 0) is 11.3 Å². The molecule has 8 heteroatoms. The maximum Gasteiger partial charge on any atom is 0.340 e. The second-order valence-corrected chi connectivity index (χ2v) is 6.82. The minimum absolute atomic E-state index is 0.0484. The fourth-order valence-corrected chi connectivity index (χ4v) is 3.66. The zero-order chi connectivity index (χ0) is 20.3. The van der Waals surface area contributed by atoms with Crippen molar-refractivity contribution in [2.75, 3.05) is 14.2 Å². The van der Waals surface area contributed by atoms with Crippen LogP contribution in [0, 0.1) is 0 Å². The van der Waals surface area contributed by atoms with Gasteiger partial charge in [0.25, 0.3) is 11.1 Å². The minimum atomic E-state index is -1.23. The molecule has 0 aromatic heterocycles. The molecule has 0 aliphatic carbocycles. The highest BCUT2D eigenvalue weighted by Gasteiger charge is 2.35. The number of aromatic carboxylic acids is 1. The summed E-state index contributed by atoms with van der Waals surface area (Å²) < 4.78 is 10.3. The fraction of sp³-hybridized carbons (Fsp3) is 0.150. The second kappa shape index (κ2) is 8.18. The van der Waals surface area contributed by atoms with E-state index in [0.29, 0.717) is 0 Å². The van der Waals surface area contributed by atoms with Gasteiger partial charge in [0.1, 0.15) is 5.56 Å². The van der Waals surface area contributed by atoms with Gasteiger partial charge in [0.15, 0.2) is 11.5 Å². The molecule has 0 spiro atoms. The fourth-order valence-electron chi connectivity index (χ4n) is 2.83. The maximum atomic E-state index is 12.7. The van der Waals surface area contributed by atoms with E-state index in [0.717, 1.165) is 22.2 Å². The van der Waals surface area contributed by atoms with Crippen molar-refractivity contribution < 1.29 is 29.0 Å². The summed E-state index contributed by atoms with van der Waals surface area (Å²) >= 11 is 0.773. The monoisotopic (exact) mass is 399 g/mol. The van der Waals surface area contributed by atoms with Crippen LogP contribution in [0.2, 0.25) is 0 Å². The van der Waals surface area contributed by atoms with E-state index in [-0.39, 0.29) is 34.1 Å². The number of carbonyl (C=O) groups excluding carboxylic acids is 2. The van der Waals surface area contributed by atoms with Crippen LogP contribution in [0.25, 0.3) is 6.08 Å². The third-order valence-corrected chi connectivity index (χ3v) is 5.04. The molecule has 2 amide bonds. The van der Waals surface area contributed by atoms with Gasteiger partial charge >= 0.3 is 5.97 Å². The molecule has 7 nitrogen and oxygen atoms in total. The molecular weight excluding hydrogens is 382 g/mol. The Morgan fingerprint density at radius 3 is 2.43 bits per heavy atom. The Morgan fingerprint density at radius 2 is 1.82 bits per heavy atom. The zero-order valence-corrected chi connectivity index (χ0v) is 16.0. The molecule has 0 atom stereocenters. The minimum Gasteiger partial charge on any atom is -0.493 e. The molecule has 0 bridgehead atoms. The molecule has 0 unspecified atom stereocenters. The number of carboxylic acid groups (broad SMARTS) is 1. The average molecular weight is 399 g/mol. The van der Waals surface area contributed by atoms with Gasteiger partial charge in [0, 0.05) is 0 Å². The Balaban J connectivity index is 1.97. The van der Waals surface area contributed by atoms with E-state index >= 15 is 0 Å². The highest BCUT2D eigenvalue weighted by atomic mass is 32.2. The largest absolute Gasteiger partial charge is 0.493 e. The number of nitrogens with zero attached hydrogens (tertiary/aromatic N) is 1. The SMILES string of the molecule is COc1ccc(/C=C2/SC(=O)N(Cc3ccccc3)C2=O)c(C(=O)O)c1OC. The van der Waals surface area contributed by atoms with E-state index in [4.69, 9.17) is 9.47 Å². The molecule has 0 radical (unpaired) electrons. The van der Waals surface area contributed by atoms with Crippen molar-refractivity contribution in [2.24, 2.45) is 0 Å². The van der Waals surface area contributed by atoms with Crippen molar-refractivity contribution in [3.63, 3.8) is 0 Å². The van der Waals surface area contributed by atoms with Crippen LogP contribution in [0.4, 0.5) is 4.79 Å². The summed E-state index contributed by atoms with van der Waals surface area (Å²) in [5.41, 5.74) is 0.926. The summed E-state index contributed by atoms with van der Waals surface area (Å²) in [6.07, 6.45) is 1.39. The van der Waals surface area contributed by atoms with E-state index < -0.39 is 17.1 Å². The normalized spacial score (nSPS) is 15.2. The van der Waals surface area contributed by atoms with Gasteiger partial charge in [0.05, 0.1) is 25.7 Å². The van der Waals surface area contributed by atoms with Gasteiger partial charge in [-0.05, 0) is 35.0 Å². The third kappa shape index (κ3) is 3.72. The summed E-state index contributed by atoms with van der Waals surface area (Å²) in [5, 5.41) is 9.20. The molecule has 3 rings (SSSR count).